The summed E-state index contributed by atoms with van der Waals surface area (Å²) in [6.07, 6.45) is 2.27. The molecule has 0 radical (unpaired) electrons. The summed E-state index contributed by atoms with van der Waals surface area (Å²) in [6.45, 7) is 5.16. The predicted octanol–water partition coefficient (Wildman–Crippen LogP) is 3.02. The van der Waals surface area contributed by atoms with E-state index in [1.165, 1.54) is 0 Å². The Hall–Kier alpha value is -2.37. The number of aryl methyl sites for hydroxylation is 1. The summed E-state index contributed by atoms with van der Waals surface area (Å²) in [5.41, 5.74) is 3.59. The van der Waals surface area contributed by atoms with Crippen molar-refractivity contribution in [3.8, 4) is 0 Å². The van der Waals surface area contributed by atoms with Crippen molar-refractivity contribution in [3.63, 3.8) is 0 Å². The Morgan fingerprint density at radius 2 is 2.20 bits per heavy atom. The van der Waals surface area contributed by atoms with Gasteiger partial charge in [0.1, 0.15) is 6.17 Å². The van der Waals surface area contributed by atoms with E-state index in [9.17, 15) is 9.18 Å². The van der Waals surface area contributed by atoms with E-state index in [4.69, 9.17) is 0 Å². The number of allylic oxidation sites excluding steroid dienone is 1. The van der Waals surface area contributed by atoms with E-state index < -0.39 is 6.17 Å². The standard InChI is InChI=1S/C19H23FN4O/c1-12-5-7-16(19(25)21-12)18-15-8-6-14(10-17(15)23(2)22-18)24-9-3-4-13(20)11-24/h6,8,10,13,16H,1,3-5,7,9,11H2,2H3,(H,21,25). The Balaban J connectivity index is 1.69. The van der Waals surface area contributed by atoms with Crippen molar-refractivity contribution in [2.75, 3.05) is 18.0 Å². The number of fused-ring (bicyclic) bond motifs is 1. The number of rotatable bonds is 2. The first-order chi connectivity index (χ1) is 12.0. The van der Waals surface area contributed by atoms with Gasteiger partial charge in [-0.2, -0.15) is 5.10 Å². The highest BCUT2D eigenvalue weighted by molar-refractivity contribution is 5.93. The van der Waals surface area contributed by atoms with Crippen molar-refractivity contribution < 1.29 is 9.18 Å². The topological polar surface area (TPSA) is 50.2 Å². The quantitative estimate of drug-likeness (QED) is 0.913. The van der Waals surface area contributed by atoms with E-state index in [0.29, 0.717) is 13.0 Å². The number of anilines is 1. The Bertz CT molecular complexity index is 843. The molecule has 1 aromatic heterocycles. The summed E-state index contributed by atoms with van der Waals surface area (Å²) in [5.74, 6) is -0.276. The summed E-state index contributed by atoms with van der Waals surface area (Å²) < 4.78 is 15.5. The Morgan fingerprint density at radius 1 is 1.36 bits per heavy atom. The van der Waals surface area contributed by atoms with Gasteiger partial charge in [-0.15, -0.1) is 0 Å². The maximum atomic E-state index is 13.7. The molecule has 2 aliphatic heterocycles. The number of aromatic nitrogens is 2. The number of carbonyl (C=O) groups is 1. The van der Waals surface area contributed by atoms with Crippen LogP contribution in [0.5, 0.6) is 0 Å². The van der Waals surface area contributed by atoms with Gasteiger partial charge in [0.2, 0.25) is 5.91 Å². The average molecular weight is 342 g/mol. The first-order valence-corrected chi connectivity index (χ1v) is 8.87. The van der Waals surface area contributed by atoms with Crippen LogP contribution >= 0.6 is 0 Å². The Kier molecular flexibility index (Phi) is 3.98. The van der Waals surface area contributed by atoms with E-state index in [1.807, 2.05) is 23.9 Å². The zero-order valence-electron chi connectivity index (χ0n) is 14.5. The second-order valence-electron chi connectivity index (χ2n) is 7.08. The minimum atomic E-state index is -0.759. The fourth-order valence-electron chi connectivity index (χ4n) is 3.92. The molecule has 132 valence electrons. The summed E-state index contributed by atoms with van der Waals surface area (Å²) >= 11 is 0. The molecule has 2 unspecified atom stereocenters. The molecular formula is C19H23FN4O. The molecule has 4 rings (SSSR count). The SMILES string of the molecule is C=C1CCC(c2nn(C)c3cc(N4CCCC(F)C4)ccc23)C(=O)N1. The van der Waals surface area contributed by atoms with E-state index in [0.717, 1.165) is 53.8 Å². The summed E-state index contributed by atoms with van der Waals surface area (Å²) in [4.78, 5) is 14.4. The summed E-state index contributed by atoms with van der Waals surface area (Å²) in [7, 11) is 1.89. The molecule has 0 aliphatic carbocycles. The van der Waals surface area contributed by atoms with Crippen molar-refractivity contribution in [1.29, 1.82) is 0 Å². The highest BCUT2D eigenvalue weighted by atomic mass is 19.1. The van der Waals surface area contributed by atoms with Crippen LogP contribution in [0.4, 0.5) is 10.1 Å². The lowest BCUT2D eigenvalue weighted by atomic mass is 9.92. The van der Waals surface area contributed by atoms with Gasteiger partial charge in [0, 0.05) is 36.9 Å². The van der Waals surface area contributed by atoms with E-state index in [-0.39, 0.29) is 11.8 Å². The largest absolute Gasteiger partial charge is 0.369 e. The number of benzene rings is 1. The minimum absolute atomic E-state index is 0.0309. The van der Waals surface area contributed by atoms with E-state index >= 15 is 0 Å². The number of amides is 1. The van der Waals surface area contributed by atoms with Gasteiger partial charge < -0.3 is 10.2 Å². The lowest BCUT2D eigenvalue weighted by molar-refractivity contribution is -0.122. The van der Waals surface area contributed by atoms with Crippen LogP contribution in [0.25, 0.3) is 10.9 Å². The second kappa shape index (κ2) is 6.17. The van der Waals surface area contributed by atoms with Crippen molar-refractivity contribution in [2.24, 2.45) is 7.05 Å². The van der Waals surface area contributed by atoms with Gasteiger partial charge in [-0.05, 0) is 43.9 Å². The van der Waals surface area contributed by atoms with Gasteiger partial charge in [-0.3, -0.25) is 9.48 Å². The monoisotopic (exact) mass is 342 g/mol. The molecular weight excluding hydrogens is 319 g/mol. The zero-order chi connectivity index (χ0) is 17.6. The van der Waals surface area contributed by atoms with Crippen LogP contribution in [-0.4, -0.2) is 34.9 Å². The zero-order valence-corrected chi connectivity index (χ0v) is 14.5. The summed E-state index contributed by atoms with van der Waals surface area (Å²) in [5, 5.41) is 8.45. The molecule has 25 heavy (non-hydrogen) atoms. The van der Waals surface area contributed by atoms with E-state index in [2.05, 4.69) is 28.0 Å². The third-order valence-electron chi connectivity index (χ3n) is 5.27. The first-order valence-electron chi connectivity index (χ1n) is 8.87. The maximum Gasteiger partial charge on any atom is 0.233 e. The van der Waals surface area contributed by atoms with Crippen molar-refractivity contribution in [1.82, 2.24) is 15.1 Å². The molecule has 1 N–H and O–H groups in total. The normalized spacial score (nSPS) is 24.6. The Labute approximate surface area is 146 Å². The molecule has 0 bridgehead atoms. The van der Waals surface area contributed by atoms with Crippen LogP contribution < -0.4 is 10.2 Å². The van der Waals surface area contributed by atoms with Gasteiger partial charge in [0.25, 0.3) is 0 Å². The fraction of sp³-hybridized carbons (Fsp3) is 0.474. The number of hydrogen-bond donors (Lipinski definition) is 1. The molecule has 1 amide bonds. The van der Waals surface area contributed by atoms with Crippen molar-refractivity contribution in [2.45, 2.75) is 37.8 Å². The molecule has 5 nitrogen and oxygen atoms in total. The van der Waals surface area contributed by atoms with Crippen molar-refractivity contribution in [3.05, 3.63) is 36.2 Å². The molecule has 0 spiro atoms. The Morgan fingerprint density at radius 3 is 2.96 bits per heavy atom. The number of piperidine rings is 2. The van der Waals surface area contributed by atoms with Crippen LogP contribution in [0.15, 0.2) is 30.5 Å². The molecule has 6 heteroatoms. The van der Waals surface area contributed by atoms with Gasteiger partial charge in [-0.25, -0.2) is 4.39 Å². The number of halogens is 1. The molecule has 0 saturated carbocycles. The smallest absolute Gasteiger partial charge is 0.233 e. The number of alkyl halides is 1. The number of hydrogen-bond acceptors (Lipinski definition) is 3. The van der Waals surface area contributed by atoms with Gasteiger partial charge in [0.15, 0.2) is 0 Å². The van der Waals surface area contributed by atoms with Gasteiger partial charge in [0.05, 0.1) is 17.1 Å². The van der Waals surface area contributed by atoms with Gasteiger partial charge >= 0.3 is 0 Å². The van der Waals surface area contributed by atoms with Crippen LogP contribution in [0.1, 0.15) is 37.3 Å². The molecule has 3 heterocycles. The van der Waals surface area contributed by atoms with Gasteiger partial charge in [-0.1, -0.05) is 6.58 Å². The molecule has 2 aromatic rings. The third-order valence-corrected chi connectivity index (χ3v) is 5.27. The van der Waals surface area contributed by atoms with Crippen LogP contribution in [0, 0.1) is 0 Å². The highest BCUT2D eigenvalue weighted by Crippen LogP contribution is 2.33. The fourth-order valence-corrected chi connectivity index (χ4v) is 3.92. The molecule has 2 aliphatic rings. The number of nitrogens with one attached hydrogen (secondary N) is 1. The minimum Gasteiger partial charge on any atom is -0.369 e. The average Bonchev–Trinajstić information content (AvgIpc) is 2.91. The first kappa shape index (κ1) is 16.1. The third kappa shape index (κ3) is 2.90. The second-order valence-corrected chi connectivity index (χ2v) is 7.08. The lowest BCUT2D eigenvalue weighted by Gasteiger charge is -2.31. The predicted molar refractivity (Wildman–Crippen MR) is 96.3 cm³/mol. The highest BCUT2D eigenvalue weighted by Gasteiger charge is 2.30. The van der Waals surface area contributed by atoms with E-state index in [1.54, 1.807) is 0 Å². The molecule has 2 atom stereocenters. The van der Waals surface area contributed by atoms with Crippen LogP contribution in [-0.2, 0) is 11.8 Å². The molecule has 2 saturated heterocycles. The number of carbonyl (C=O) groups excluding carboxylic acids is 1. The summed E-state index contributed by atoms with van der Waals surface area (Å²) in [6, 6.07) is 6.10. The molecule has 2 fully saturated rings. The lowest BCUT2D eigenvalue weighted by Crippen LogP contribution is -2.36. The number of nitrogens with zero attached hydrogens (tertiary/aromatic N) is 3. The van der Waals surface area contributed by atoms with Crippen LogP contribution in [0.2, 0.25) is 0 Å². The van der Waals surface area contributed by atoms with Crippen LogP contribution in [0.3, 0.4) is 0 Å². The molecule has 1 aromatic carbocycles. The maximum absolute atomic E-state index is 13.7. The van der Waals surface area contributed by atoms with Crippen molar-refractivity contribution >= 4 is 22.5 Å².